The van der Waals surface area contributed by atoms with Crippen molar-refractivity contribution >= 4 is 28.6 Å². The average molecular weight is 564 g/mol. The number of methoxy groups -OCH3 is 1. The Morgan fingerprint density at radius 3 is 2.62 bits per heavy atom. The minimum atomic E-state index is -0.293. The number of halogens is 1. The highest BCUT2D eigenvalue weighted by Crippen LogP contribution is 2.35. The molecule has 0 fully saturated rings. The molecule has 0 saturated carbocycles. The lowest BCUT2D eigenvalue weighted by atomic mass is 10.1. The highest BCUT2D eigenvalue weighted by Gasteiger charge is 2.19. The largest absolute Gasteiger partial charge is 0.497 e. The van der Waals surface area contributed by atoms with E-state index < -0.39 is 0 Å². The average Bonchev–Trinajstić information content (AvgIpc) is 3.43. The van der Waals surface area contributed by atoms with Gasteiger partial charge in [0, 0.05) is 31.3 Å². The van der Waals surface area contributed by atoms with Gasteiger partial charge in [-0.15, -0.1) is 0 Å². The molecule has 1 aliphatic heterocycles. The Hall–Kier alpha value is -4.05. The molecule has 0 saturated heterocycles. The maximum atomic E-state index is 14.2. The summed E-state index contributed by atoms with van der Waals surface area (Å²) < 4.78 is 31.9. The zero-order chi connectivity index (χ0) is 27.9. The number of benzene rings is 3. The van der Waals surface area contributed by atoms with Crippen LogP contribution < -0.4 is 25.1 Å². The molecule has 0 spiro atoms. The molecule has 0 atom stereocenters. The number of rotatable bonds is 12. The highest BCUT2D eigenvalue weighted by atomic mass is 32.2. The maximum Gasteiger partial charge on any atom is 0.262 e. The molecule has 208 valence electrons. The normalized spacial score (nSPS) is 12.1. The molecule has 40 heavy (non-hydrogen) atoms. The van der Waals surface area contributed by atoms with Gasteiger partial charge in [0.25, 0.3) is 5.56 Å². The van der Waals surface area contributed by atoms with Crippen LogP contribution in [0.1, 0.15) is 36.8 Å². The number of carbonyl (C=O) groups excluding carboxylic acids is 1. The summed E-state index contributed by atoms with van der Waals surface area (Å²) in [6.07, 6.45) is 2.55. The smallest absolute Gasteiger partial charge is 0.262 e. The summed E-state index contributed by atoms with van der Waals surface area (Å²) in [7, 11) is 1.62. The standard InChI is InChI=1S/C30H30FN3O5S/c1-37-22-12-10-20(11-13-22)17-32-28(35)9-3-2-6-14-34-29(36)23-15-26-27(39-19-38-26)16-25(23)33-30(34)40-18-21-7-4-5-8-24(21)31/h4-5,7-8,10-13,15-16H,2-3,6,9,14,17-19H2,1H3,(H,32,35). The van der Waals surface area contributed by atoms with Crippen LogP contribution in [-0.2, 0) is 23.6 Å². The number of hydrogen-bond acceptors (Lipinski definition) is 7. The van der Waals surface area contributed by atoms with E-state index in [2.05, 4.69) is 5.32 Å². The van der Waals surface area contributed by atoms with Gasteiger partial charge in [0.1, 0.15) is 11.6 Å². The van der Waals surface area contributed by atoms with Crippen LogP contribution in [0.15, 0.2) is 70.6 Å². The summed E-state index contributed by atoms with van der Waals surface area (Å²) in [6, 6.07) is 17.5. The quantitative estimate of drug-likeness (QED) is 0.139. The fraction of sp³-hybridized carbons (Fsp3) is 0.300. The Balaban J connectivity index is 1.21. The van der Waals surface area contributed by atoms with Gasteiger partial charge in [0.15, 0.2) is 16.7 Å². The minimum Gasteiger partial charge on any atom is -0.497 e. The van der Waals surface area contributed by atoms with E-state index in [1.165, 1.54) is 17.8 Å². The monoisotopic (exact) mass is 563 g/mol. The van der Waals surface area contributed by atoms with Gasteiger partial charge >= 0.3 is 0 Å². The van der Waals surface area contributed by atoms with Crippen molar-refractivity contribution < 1.29 is 23.4 Å². The van der Waals surface area contributed by atoms with Crippen LogP contribution in [-0.4, -0.2) is 29.4 Å². The third-order valence-electron chi connectivity index (χ3n) is 6.66. The first-order valence-corrected chi connectivity index (χ1v) is 14.1. The zero-order valence-electron chi connectivity index (χ0n) is 22.2. The Morgan fingerprint density at radius 1 is 1.07 bits per heavy atom. The van der Waals surface area contributed by atoms with Crippen molar-refractivity contribution in [3.63, 3.8) is 0 Å². The van der Waals surface area contributed by atoms with Crippen molar-refractivity contribution in [2.75, 3.05) is 13.9 Å². The van der Waals surface area contributed by atoms with Gasteiger partial charge in [-0.25, -0.2) is 9.37 Å². The van der Waals surface area contributed by atoms with Crippen molar-refractivity contribution in [3.05, 3.63) is 88.0 Å². The molecule has 4 aromatic rings. The van der Waals surface area contributed by atoms with Crippen molar-refractivity contribution in [2.45, 2.75) is 49.7 Å². The third-order valence-corrected chi connectivity index (χ3v) is 7.69. The maximum absolute atomic E-state index is 14.2. The fourth-order valence-corrected chi connectivity index (χ4v) is 5.43. The SMILES string of the molecule is COc1ccc(CNC(=O)CCCCCn2c(SCc3ccccc3F)nc3cc4c(cc3c2=O)OCO4)cc1. The molecule has 2 heterocycles. The number of nitrogens with one attached hydrogen (secondary N) is 1. The fourth-order valence-electron chi connectivity index (χ4n) is 4.42. The van der Waals surface area contributed by atoms with E-state index in [0.29, 0.717) is 71.2 Å². The first kappa shape index (κ1) is 27.5. The lowest BCUT2D eigenvalue weighted by Crippen LogP contribution is -2.24. The highest BCUT2D eigenvalue weighted by molar-refractivity contribution is 7.98. The number of unbranched alkanes of at least 4 members (excludes halogenated alkanes) is 2. The van der Waals surface area contributed by atoms with Gasteiger partial charge in [-0.2, -0.15) is 0 Å². The Morgan fingerprint density at radius 2 is 1.85 bits per heavy atom. The van der Waals surface area contributed by atoms with E-state index in [9.17, 15) is 14.0 Å². The second kappa shape index (κ2) is 12.9. The van der Waals surface area contributed by atoms with Crippen LogP contribution in [0.3, 0.4) is 0 Å². The molecule has 1 N–H and O–H groups in total. The van der Waals surface area contributed by atoms with E-state index in [-0.39, 0.29) is 24.1 Å². The number of amides is 1. The van der Waals surface area contributed by atoms with Gasteiger partial charge in [0.05, 0.1) is 18.0 Å². The topological polar surface area (TPSA) is 91.7 Å². The van der Waals surface area contributed by atoms with E-state index in [4.69, 9.17) is 19.2 Å². The molecule has 8 nitrogen and oxygen atoms in total. The summed E-state index contributed by atoms with van der Waals surface area (Å²) in [5, 5.41) is 3.89. The molecular weight excluding hydrogens is 533 g/mol. The predicted octanol–water partition coefficient (Wildman–Crippen LogP) is 5.44. The van der Waals surface area contributed by atoms with Crippen molar-refractivity contribution in [2.24, 2.45) is 0 Å². The van der Waals surface area contributed by atoms with Gasteiger partial charge < -0.3 is 19.5 Å². The minimum absolute atomic E-state index is 0.0161. The summed E-state index contributed by atoms with van der Waals surface area (Å²) >= 11 is 1.32. The first-order valence-electron chi connectivity index (χ1n) is 13.1. The van der Waals surface area contributed by atoms with Crippen LogP contribution >= 0.6 is 11.8 Å². The van der Waals surface area contributed by atoms with Crippen LogP contribution in [0.25, 0.3) is 10.9 Å². The first-order chi connectivity index (χ1) is 19.5. The van der Waals surface area contributed by atoms with Crippen LogP contribution in [0.5, 0.6) is 17.2 Å². The van der Waals surface area contributed by atoms with Crippen LogP contribution in [0, 0.1) is 5.82 Å². The summed E-state index contributed by atoms with van der Waals surface area (Å²) in [5.41, 5.74) is 1.87. The number of aromatic nitrogens is 2. The molecule has 3 aromatic carbocycles. The second-order valence-corrected chi connectivity index (χ2v) is 10.3. The molecule has 1 aliphatic rings. The van der Waals surface area contributed by atoms with Crippen LogP contribution in [0.2, 0.25) is 0 Å². The lowest BCUT2D eigenvalue weighted by Gasteiger charge is -2.14. The summed E-state index contributed by atoms with van der Waals surface area (Å²) in [6.45, 7) is 0.994. The van der Waals surface area contributed by atoms with E-state index in [1.54, 1.807) is 42.0 Å². The Kier molecular flexibility index (Phi) is 8.85. The summed E-state index contributed by atoms with van der Waals surface area (Å²) in [4.78, 5) is 30.6. The number of fused-ring (bicyclic) bond motifs is 2. The Bertz CT molecular complexity index is 1560. The third kappa shape index (κ3) is 6.56. The number of ether oxygens (including phenoxy) is 3. The number of hydrogen-bond donors (Lipinski definition) is 1. The molecule has 0 bridgehead atoms. The zero-order valence-corrected chi connectivity index (χ0v) is 23.0. The van der Waals surface area contributed by atoms with Crippen LogP contribution in [0.4, 0.5) is 4.39 Å². The summed E-state index contributed by atoms with van der Waals surface area (Å²) in [5.74, 6) is 1.87. The number of thioether (sulfide) groups is 1. The number of nitrogens with zero attached hydrogens (tertiary/aromatic N) is 2. The molecular formula is C30H30FN3O5S. The predicted molar refractivity (Wildman–Crippen MR) is 151 cm³/mol. The van der Waals surface area contributed by atoms with Gasteiger partial charge in [0.2, 0.25) is 12.7 Å². The van der Waals surface area contributed by atoms with E-state index in [0.717, 1.165) is 17.7 Å². The number of carbonyl (C=O) groups is 1. The lowest BCUT2D eigenvalue weighted by molar-refractivity contribution is -0.121. The van der Waals surface area contributed by atoms with E-state index >= 15 is 0 Å². The second-order valence-electron chi connectivity index (χ2n) is 9.39. The van der Waals surface area contributed by atoms with Gasteiger partial charge in [-0.05, 0) is 48.2 Å². The molecule has 5 rings (SSSR count). The van der Waals surface area contributed by atoms with Crippen molar-refractivity contribution in [1.82, 2.24) is 14.9 Å². The molecule has 0 unspecified atom stereocenters. The molecule has 0 radical (unpaired) electrons. The van der Waals surface area contributed by atoms with Crippen molar-refractivity contribution in [3.8, 4) is 17.2 Å². The van der Waals surface area contributed by atoms with Crippen molar-refractivity contribution in [1.29, 1.82) is 0 Å². The molecule has 1 aromatic heterocycles. The van der Waals surface area contributed by atoms with E-state index in [1.807, 2.05) is 24.3 Å². The van der Waals surface area contributed by atoms with Gasteiger partial charge in [-0.1, -0.05) is 48.5 Å². The Labute approximate surface area is 235 Å². The van der Waals surface area contributed by atoms with Gasteiger partial charge in [-0.3, -0.25) is 14.2 Å². The molecule has 10 heteroatoms. The molecule has 0 aliphatic carbocycles. The molecule has 1 amide bonds.